The minimum absolute atomic E-state index is 0.00504. The highest BCUT2D eigenvalue weighted by Gasteiger charge is 2.22. The summed E-state index contributed by atoms with van der Waals surface area (Å²) in [7, 11) is -3.64. The van der Waals surface area contributed by atoms with Gasteiger partial charge in [-0.25, -0.2) is 23.1 Å². The van der Waals surface area contributed by atoms with Gasteiger partial charge in [0.1, 0.15) is 4.90 Å². The lowest BCUT2D eigenvalue weighted by molar-refractivity contribution is 0.213. The molecule has 1 rings (SSSR count). The van der Waals surface area contributed by atoms with Crippen LogP contribution in [0.3, 0.4) is 0 Å². The molecule has 1 aromatic rings. The van der Waals surface area contributed by atoms with Gasteiger partial charge >= 0.3 is 0 Å². The molecule has 0 aliphatic carbocycles. The first kappa shape index (κ1) is 15.3. The third kappa shape index (κ3) is 4.49. The molecule has 0 radical (unpaired) electrons. The summed E-state index contributed by atoms with van der Waals surface area (Å²) in [5.74, 6) is 0. The first-order valence-corrected chi connectivity index (χ1v) is 7.21. The summed E-state index contributed by atoms with van der Waals surface area (Å²) in [5.41, 5.74) is -0.324. The fourth-order valence-corrected chi connectivity index (χ4v) is 2.43. The highest BCUT2D eigenvalue weighted by Crippen LogP contribution is 2.19. The van der Waals surface area contributed by atoms with E-state index in [9.17, 15) is 8.42 Å². The number of halogens is 1. The van der Waals surface area contributed by atoms with Gasteiger partial charge in [0, 0.05) is 13.2 Å². The van der Waals surface area contributed by atoms with E-state index in [1.165, 1.54) is 0 Å². The SMILES string of the molecule is CC(C)(CCO)CNS(=O)(=O)c1cnc(Cl)nc1. The lowest BCUT2D eigenvalue weighted by Gasteiger charge is -2.23. The van der Waals surface area contributed by atoms with Crippen molar-refractivity contribution in [3.05, 3.63) is 17.7 Å². The van der Waals surface area contributed by atoms with Crippen LogP contribution in [0.4, 0.5) is 0 Å². The van der Waals surface area contributed by atoms with E-state index in [1.807, 2.05) is 13.8 Å². The molecule has 8 heteroatoms. The number of rotatable bonds is 6. The Morgan fingerprint density at radius 2 is 1.94 bits per heavy atom. The highest BCUT2D eigenvalue weighted by molar-refractivity contribution is 7.89. The molecule has 0 amide bonds. The molecular formula is C10H16ClN3O3S. The number of aliphatic hydroxyl groups excluding tert-OH is 1. The molecule has 0 fully saturated rings. The fraction of sp³-hybridized carbons (Fsp3) is 0.600. The molecule has 0 bridgehead atoms. The Bertz CT molecular complexity index is 488. The number of nitrogens with zero attached hydrogens (tertiary/aromatic N) is 2. The topological polar surface area (TPSA) is 92.2 Å². The average Bonchev–Trinajstić information content (AvgIpc) is 2.27. The summed E-state index contributed by atoms with van der Waals surface area (Å²) in [4.78, 5) is 7.21. The molecule has 0 aromatic carbocycles. The van der Waals surface area contributed by atoms with Crippen LogP contribution in [0.15, 0.2) is 17.3 Å². The number of sulfonamides is 1. The minimum atomic E-state index is -3.64. The third-order valence-corrected chi connectivity index (χ3v) is 3.99. The molecule has 0 saturated carbocycles. The van der Waals surface area contributed by atoms with Gasteiger partial charge in [-0.05, 0) is 23.4 Å². The molecule has 0 unspecified atom stereocenters. The molecule has 0 spiro atoms. The number of hydrogen-bond donors (Lipinski definition) is 2. The molecule has 0 saturated heterocycles. The maximum atomic E-state index is 11.9. The van der Waals surface area contributed by atoms with Crippen LogP contribution in [-0.2, 0) is 10.0 Å². The molecule has 0 atom stereocenters. The summed E-state index contributed by atoms with van der Waals surface area (Å²) in [5, 5.41) is 8.86. The van der Waals surface area contributed by atoms with Gasteiger partial charge in [-0.3, -0.25) is 0 Å². The van der Waals surface area contributed by atoms with E-state index in [2.05, 4.69) is 14.7 Å². The second-order valence-electron chi connectivity index (χ2n) is 4.65. The van der Waals surface area contributed by atoms with E-state index in [-0.39, 0.29) is 28.7 Å². The Hall–Kier alpha value is -0.760. The minimum Gasteiger partial charge on any atom is -0.396 e. The lowest BCUT2D eigenvalue weighted by Crippen LogP contribution is -2.34. The first-order valence-electron chi connectivity index (χ1n) is 5.35. The van der Waals surface area contributed by atoms with Gasteiger partial charge in [-0.1, -0.05) is 13.8 Å². The van der Waals surface area contributed by atoms with Crippen LogP contribution in [0.1, 0.15) is 20.3 Å². The van der Waals surface area contributed by atoms with Gasteiger partial charge < -0.3 is 5.11 Å². The average molecular weight is 294 g/mol. The molecule has 1 aromatic heterocycles. The Morgan fingerprint density at radius 3 is 2.44 bits per heavy atom. The Balaban J connectivity index is 2.74. The van der Waals surface area contributed by atoms with Crippen LogP contribution in [-0.4, -0.2) is 36.6 Å². The maximum Gasteiger partial charge on any atom is 0.243 e. The second kappa shape index (κ2) is 5.92. The number of hydrogen-bond acceptors (Lipinski definition) is 5. The Labute approximate surface area is 111 Å². The monoisotopic (exact) mass is 293 g/mol. The zero-order valence-electron chi connectivity index (χ0n) is 10.2. The Morgan fingerprint density at radius 1 is 1.39 bits per heavy atom. The number of nitrogens with one attached hydrogen (secondary N) is 1. The Kier molecular flexibility index (Phi) is 5.03. The van der Waals surface area contributed by atoms with E-state index in [4.69, 9.17) is 16.7 Å². The van der Waals surface area contributed by atoms with E-state index in [0.29, 0.717) is 6.42 Å². The van der Waals surface area contributed by atoms with Gasteiger partial charge in [0.2, 0.25) is 15.3 Å². The lowest BCUT2D eigenvalue weighted by atomic mass is 9.90. The van der Waals surface area contributed by atoms with Gasteiger partial charge in [0.15, 0.2) is 0 Å². The van der Waals surface area contributed by atoms with E-state index < -0.39 is 10.0 Å². The summed E-state index contributed by atoms with van der Waals surface area (Å²) in [6, 6.07) is 0. The molecular weight excluding hydrogens is 278 g/mol. The summed E-state index contributed by atoms with van der Waals surface area (Å²) >= 11 is 5.49. The smallest absolute Gasteiger partial charge is 0.243 e. The third-order valence-electron chi connectivity index (χ3n) is 2.44. The molecule has 2 N–H and O–H groups in total. The van der Waals surface area contributed by atoms with Crippen molar-refractivity contribution in [2.75, 3.05) is 13.2 Å². The van der Waals surface area contributed by atoms with Gasteiger partial charge in [-0.15, -0.1) is 0 Å². The van der Waals surface area contributed by atoms with E-state index in [1.54, 1.807) is 0 Å². The predicted molar refractivity (Wildman–Crippen MR) is 67.7 cm³/mol. The predicted octanol–water partition coefficient (Wildman–Crippen LogP) is 0.817. The number of aromatic nitrogens is 2. The quantitative estimate of drug-likeness (QED) is 0.758. The van der Waals surface area contributed by atoms with Crippen LogP contribution in [0, 0.1) is 5.41 Å². The van der Waals surface area contributed by atoms with E-state index >= 15 is 0 Å². The van der Waals surface area contributed by atoms with Crippen LogP contribution in [0.2, 0.25) is 5.28 Å². The van der Waals surface area contributed by atoms with Gasteiger partial charge in [0.05, 0.1) is 12.4 Å². The van der Waals surface area contributed by atoms with Crippen molar-refractivity contribution < 1.29 is 13.5 Å². The molecule has 0 aliphatic rings. The van der Waals surface area contributed by atoms with Crippen molar-refractivity contribution in [3.8, 4) is 0 Å². The van der Waals surface area contributed by atoms with E-state index in [0.717, 1.165) is 12.4 Å². The van der Waals surface area contributed by atoms with Gasteiger partial charge in [0.25, 0.3) is 0 Å². The zero-order chi connectivity index (χ0) is 13.8. The van der Waals surface area contributed by atoms with Crippen molar-refractivity contribution >= 4 is 21.6 Å². The highest BCUT2D eigenvalue weighted by atomic mass is 35.5. The molecule has 1 heterocycles. The zero-order valence-corrected chi connectivity index (χ0v) is 11.8. The second-order valence-corrected chi connectivity index (χ2v) is 6.76. The van der Waals surface area contributed by atoms with Crippen LogP contribution in [0.5, 0.6) is 0 Å². The van der Waals surface area contributed by atoms with Crippen LogP contribution >= 0.6 is 11.6 Å². The van der Waals surface area contributed by atoms with Crippen LogP contribution < -0.4 is 4.72 Å². The number of aliphatic hydroxyl groups is 1. The largest absolute Gasteiger partial charge is 0.396 e. The standard InChI is InChI=1S/C10H16ClN3O3S/c1-10(2,3-4-15)7-14-18(16,17)8-5-12-9(11)13-6-8/h5-6,14-15H,3-4,7H2,1-2H3. The van der Waals surface area contributed by atoms with Crippen molar-refractivity contribution in [2.45, 2.75) is 25.2 Å². The molecule has 102 valence electrons. The normalized spacial score (nSPS) is 12.7. The summed E-state index contributed by atoms with van der Waals surface area (Å²) in [6.07, 6.45) is 2.81. The molecule has 18 heavy (non-hydrogen) atoms. The van der Waals surface area contributed by atoms with Crippen LogP contribution in [0.25, 0.3) is 0 Å². The molecule has 6 nitrogen and oxygen atoms in total. The summed E-state index contributed by atoms with van der Waals surface area (Å²) < 4.78 is 26.3. The summed E-state index contributed by atoms with van der Waals surface area (Å²) in [6.45, 7) is 3.96. The fourth-order valence-electron chi connectivity index (χ4n) is 1.20. The van der Waals surface area contributed by atoms with Gasteiger partial charge in [-0.2, -0.15) is 0 Å². The van der Waals surface area contributed by atoms with Crippen molar-refractivity contribution in [1.82, 2.24) is 14.7 Å². The first-order chi connectivity index (χ1) is 8.27. The molecule has 0 aliphatic heterocycles. The van der Waals surface area contributed by atoms with Crippen molar-refractivity contribution in [1.29, 1.82) is 0 Å². The van der Waals surface area contributed by atoms with Crippen molar-refractivity contribution in [2.24, 2.45) is 5.41 Å². The van der Waals surface area contributed by atoms with Crippen molar-refractivity contribution in [3.63, 3.8) is 0 Å². The maximum absolute atomic E-state index is 11.9.